The quantitative estimate of drug-likeness (QED) is 0.440. The Kier molecular flexibility index (Phi) is 2.06. The SMILES string of the molecule is C=CC1(OC(=O)C(=C)C)C2CC3CC4CC1C4(C3)C2. The Morgan fingerprint density at radius 1 is 1.26 bits per heavy atom. The Morgan fingerprint density at radius 3 is 2.68 bits per heavy atom. The molecule has 6 atom stereocenters. The number of carbonyl (C=O) groups is 1. The molecule has 19 heavy (non-hydrogen) atoms. The minimum absolute atomic E-state index is 0.233. The summed E-state index contributed by atoms with van der Waals surface area (Å²) in [4.78, 5) is 12.0. The largest absolute Gasteiger partial charge is 0.451 e. The molecular formula is C17H22O2. The Balaban J connectivity index is 1.72. The van der Waals surface area contributed by atoms with Crippen LogP contribution >= 0.6 is 0 Å². The van der Waals surface area contributed by atoms with Gasteiger partial charge in [0.15, 0.2) is 0 Å². The predicted octanol–water partition coefficient (Wildman–Crippen LogP) is 3.49. The van der Waals surface area contributed by atoms with Gasteiger partial charge in [0.1, 0.15) is 5.60 Å². The summed E-state index contributed by atoms with van der Waals surface area (Å²) in [6.45, 7) is 9.49. The zero-order valence-corrected chi connectivity index (χ0v) is 11.7. The number of hydrogen-bond donors (Lipinski definition) is 0. The summed E-state index contributed by atoms with van der Waals surface area (Å²) in [6, 6.07) is 0. The molecule has 6 unspecified atom stereocenters. The second-order valence-electron chi connectivity index (χ2n) is 7.39. The molecule has 3 bridgehead atoms. The lowest BCUT2D eigenvalue weighted by Crippen LogP contribution is -2.53. The third kappa shape index (κ3) is 1.17. The number of hydrogen-bond acceptors (Lipinski definition) is 2. The van der Waals surface area contributed by atoms with E-state index in [0.717, 1.165) is 11.8 Å². The van der Waals surface area contributed by atoms with E-state index in [2.05, 4.69) is 13.2 Å². The molecule has 0 N–H and O–H groups in total. The Morgan fingerprint density at radius 2 is 2.00 bits per heavy atom. The summed E-state index contributed by atoms with van der Waals surface area (Å²) in [7, 11) is 0. The van der Waals surface area contributed by atoms with Crippen molar-refractivity contribution >= 4 is 5.97 Å². The number of carbonyl (C=O) groups excluding carboxylic acids is 1. The molecule has 2 heteroatoms. The van der Waals surface area contributed by atoms with Crippen molar-refractivity contribution in [2.24, 2.45) is 29.1 Å². The first-order valence-electron chi connectivity index (χ1n) is 7.54. The number of ether oxygens (including phenoxy) is 1. The van der Waals surface area contributed by atoms with Crippen LogP contribution in [-0.4, -0.2) is 11.6 Å². The van der Waals surface area contributed by atoms with E-state index in [0.29, 0.717) is 22.8 Å². The molecule has 0 aromatic rings. The summed E-state index contributed by atoms with van der Waals surface area (Å²) in [5.74, 6) is 2.58. The first kappa shape index (κ1) is 11.7. The molecule has 0 heterocycles. The van der Waals surface area contributed by atoms with Gasteiger partial charge in [0.05, 0.1) is 0 Å². The molecule has 0 aliphatic heterocycles. The van der Waals surface area contributed by atoms with Gasteiger partial charge in [-0.3, -0.25) is 0 Å². The van der Waals surface area contributed by atoms with Crippen LogP contribution in [0.25, 0.3) is 0 Å². The molecule has 4 rings (SSSR count). The van der Waals surface area contributed by atoms with Crippen molar-refractivity contribution in [3.63, 3.8) is 0 Å². The summed E-state index contributed by atoms with van der Waals surface area (Å²) in [6.07, 6.45) is 8.48. The normalized spacial score (nSPS) is 52.5. The first-order chi connectivity index (χ1) is 9.02. The fourth-order valence-electron chi connectivity index (χ4n) is 6.07. The highest BCUT2D eigenvalue weighted by Gasteiger charge is 2.75. The molecule has 2 nitrogen and oxygen atoms in total. The average Bonchev–Trinajstić information content (AvgIpc) is 2.65. The van der Waals surface area contributed by atoms with Crippen molar-refractivity contribution in [3.05, 3.63) is 24.8 Å². The number of fused-ring (bicyclic) bond motifs is 2. The van der Waals surface area contributed by atoms with Gasteiger partial charge in [-0.25, -0.2) is 4.79 Å². The molecular weight excluding hydrogens is 236 g/mol. The van der Waals surface area contributed by atoms with Gasteiger partial charge in [-0.05, 0) is 62.4 Å². The number of rotatable bonds is 3. The maximum Gasteiger partial charge on any atom is 0.333 e. The van der Waals surface area contributed by atoms with Crippen molar-refractivity contribution < 1.29 is 9.53 Å². The molecule has 102 valence electrons. The van der Waals surface area contributed by atoms with Crippen LogP contribution < -0.4 is 0 Å². The highest BCUT2D eigenvalue weighted by atomic mass is 16.6. The van der Waals surface area contributed by atoms with Gasteiger partial charge in [0, 0.05) is 17.4 Å². The van der Waals surface area contributed by atoms with Gasteiger partial charge in [-0.1, -0.05) is 13.2 Å². The van der Waals surface area contributed by atoms with Crippen LogP contribution in [-0.2, 0) is 9.53 Å². The highest BCUT2D eigenvalue weighted by Crippen LogP contribution is 2.78. The van der Waals surface area contributed by atoms with Crippen LogP contribution in [0.15, 0.2) is 24.8 Å². The van der Waals surface area contributed by atoms with Crippen molar-refractivity contribution in [1.82, 2.24) is 0 Å². The lowest BCUT2D eigenvalue weighted by atomic mass is 9.53. The van der Waals surface area contributed by atoms with Gasteiger partial charge in [-0.15, -0.1) is 0 Å². The summed E-state index contributed by atoms with van der Waals surface area (Å²) < 4.78 is 5.96. The summed E-state index contributed by atoms with van der Waals surface area (Å²) >= 11 is 0. The fraction of sp³-hybridized carbons (Fsp3) is 0.706. The van der Waals surface area contributed by atoms with Crippen LogP contribution in [0.5, 0.6) is 0 Å². The number of esters is 1. The van der Waals surface area contributed by atoms with Gasteiger partial charge < -0.3 is 4.74 Å². The molecule has 0 aromatic carbocycles. The fourth-order valence-corrected chi connectivity index (χ4v) is 6.07. The van der Waals surface area contributed by atoms with E-state index in [1.165, 1.54) is 32.1 Å². The smallest absolute Gasteiger partial charge is 0.333 e. The van der Waals surface area contributed by atoms with E-state index in [1.807, 2.05) is 6.08 Å². The second kappa shape index (κ2) is 3.34. The van der Waals surface area contributed by atoms with Gasteiger partial charge >= 0.3 is 5.97 Å². The van der Waals surface area contributed by atoms with E-state index in [1.54, 1.807) is 6.92 Å². The van der Waals surface area contributed by atoms with E-state index in [9.17, 15) is 4.79 Å². The van der Waals surface area contributed by atoms with Gasteiger partial charge in [0.2, 0.25) is 0 Å². The molecule has 4 saturated carbocycles. The Labute approximate surface area is 114 Å². The molecule has 4 aliphatic carbocycles. The molecule has 0 saturated heterocycles. The first-order valence-corrected chi connectivity index (χ1v) is 7.54. The van der Waals surface area contributed by atoms with Crippen LogP contribution in [0.2, 0.25) is 0 Å². The second-order valence-corrected chi connectivity index (χ2v) is 7.39. The van der Waals surface area contributed by atoms with Crippen LogP contribution in [0.3, 0.4) is 0 Å². The predicted molar refractivity (Wildman–Crippen MR) is 73.3 cm³/mol. The van der Waals surface area contributed by atoms with Crippen LogP contribution in [0.1, 0.15) is 39.0 Å². The van der Waals surface area contributed by atoms with Gasteiger partial charge in [-0.2, -0.15) is 0 Å². The molecule has 0 radical (unpaired) electrons. The van der Waals surface area contributed by atoms with E-state index >= 15 is 0 Å². The zero-order valence-electron chi connectivity index (χ0n) is 11.7. The monoisotopic (exact) mass is 258 g/mol. The topological polar surface area (TPSA) is 26.3 Å². The maximum atomic E-state index is 12.0. The summed E-state index contributed by atoms with van der Waals surface area (Å²) in [5, 5.41) is 0. The maximum absolute atomic E-state index is 12.0. The van der Waals surface area contributed by atoms with Crippen molar-refractivity contribution in [2.75, 3.05) is 0 Å². The molecule has 1 spiro atoms. The van der Waals surface area contributed by atoms with E-state index in [4.69, 9.17) is 4.74 Å². The van der Waals surface area contributed by atoms with Crippen molar-refractivity contribution in [2.45, 2.75) is 44.6 Å². The van der Waals surface area contributed by atoms with Crippen molar-refractivity contribution in [3.8, 4) is 0 Å². The van der Waals surface area contributed by atoms with Gasteiger partial charge in [0.25, 0.3) is 0 Å². The zero-order chi connectivity index (χ0) is 13.4. The Hall–Kier alpha value is -1.05. The summed E-state index contributed by atoms with van der Waals surface area (Å²) in [5.41, 5.74) is 0.611. The standard InChI is InChI=1S/C17H22O2/c1-4-17(19-15(18)10(2)3)13-6-11-5-12-7-14(17)16(12,8-11)9-13/h4,11-14H,1-2,5-9H2,3H3. The van der Waals surface area contributed by atoms with Crippen LogP contribution in [0, 0.1) is 29.1 Å². The lowest BCUT2D eigenvalue weighted by molar-refractivity contribution is -0.168. The van der Waals surface area contributed by atoms with E-state index in [-0.39, 0.29) is 11.6 Å². The molecule has 0 aromatic heterocycles. The third-order valence-corrected chi connectivity index (χ3v) is 6.68. The molecule has 4 fully saturated rings. The third-order valence-electron chi connectivity index (χ3n) is 6.68. The molecule has 0 amide bonds. The highest BCUT2D eigenvalue weighted by molar-refractivity contribution is 5.87. The van der Waals surface area contributed by atoms with Crippen LogP contribution in [0.4, 0.5) is 0 Å². The minimum atomic E-state index is -0.387. The Bertz CT molecular complexity index is 493. The lowest BCUT2D eigenvalue weighted by Gasteiger charge is -2.53. The van der Waals surface area contributed by atoms with E-state index < -0.39 is 0 Å². The minimum Gasteiger partial charge on any atom is -0.451 e. The van der Waals surface area contributed by atoms with Crippen molar-refractivity contribution in [1.29, 1.82) is 0 Å². The molecule has 4 aliphatic rings. The average molecular weight is 258 g/mol.